The molecular formula is C14H17BrN2O2. The van der Waals surface area contributed by atoms with Crippen LogP contribution in [0.3, 0.4) is 0 Å². The first kappa shape index (κ1) is 14.1. The molecule has 0 radical (unpaired) electrons. The van der Waals surface area contributed by atoms with Crippen molar-refractivity contribution in [3.05, 3.63) is 46.1 Å². The predicted octanol–water partition coefficient (Wildman–Crippen LogP) is 3.60. The van der Waals surface area contributed by atoms with Crippen LogP contribution in [-0.2, 0) is 6.54 Å². The maximum Gasteiger partial charge on any atom is 0.208 e. The third kappa shape index (κ3) is 3.58. The van der Waals surface area contributed by atoms with E-state index in [0.29, 0.717) is 12.4 Å². The van der Waals surface area contributed by atoms with Gasteiger partial charge in [0.25, 0.3) is 0 Å². The molecule has 1 aromatic heterocycles. The highest BCUT2D eigenvalue weighted by molar-refractivity contribution is 9.10. The summed E-state index contributed by atoms with van der Waals surface area (Å²) in [4.78, 5) is 4.17. The smallest absolute Gasteiger partial charge is 0.208 e. The molecule has 1 atom stereocenters. The number of hydrogen-bond donors (Lipinski definition) is 1. The van der Waals surface area contributed by atoms with Crippen molar-refractivity contribution < 1.29 is 9.15 Å². The van der Waals surface area contributed by atoms with E-state index in [4.69, 9.17) is 9.15 Å². The molecule has 1 N–H and O–H groups in total. The van der Waals surface area contributed by atoms with E-state index in [1.54, 1.807) is 13.3 Å². The Morgan fingerprint density at radius 3 is 2.84 bits per heavy atom. The second-order valence-corrected chi connectivity index (χ2v) is 5.22. The van der Waals surface area contributed by atoms with E-state index >= 15 is 0 Å². The first-order valence-electron chi connectivity index (χ1n) is 6.08. The van der Waals surface area contributed by atoms with Crippen LogP contribution >= 0.6 is 15.9 Å². The number of oxazole rings is 1. The van der Waals surface area contributed by atoms with E-state index in [2.05, 4.69) is 39.2 Å². The molecule has 0 bridgehead atoms. The molecule has 0 fully saturated rings. The molecule has 5 heteroatoms. The van der Waals surface area contributed by atoms with Crippen molar-refractivity contribution in [2.75, 3.05) is 7.11 Å². The number of halogens is 1. The molecule has 0 unspecified atom stereocenters. The van der Waals surface area contributed by atoms with Crippen molar-refractivity contribution in [3.63, 3.8) is 0 Å². The number of hydrogen-bond acceptors (Lipinski definition) is 4. The number of nitrogens with zero attached hydrogens (tertiary/aromatic N) is 1. The van der Waals surface area contributed by atoms with Gasteiger partial charge in [-0.1, -0.05) is 6.07 Å². The molecule has 0 aliphatic carbocycles. The highest BCUT2D eigenvalue weighted by Gasteiger charge is 2.09. The fourth-order valence-electron chi connectivity index (χ4n) is 1.79. The van der Waals surface area contributed by atoms with Crippen molar-refractivity contribution in [1.82, 2.24) is 10.3 Å². The van der Waals surface area contributed by atoms with Gasteiger partial charge in [-0.3, -0.25) is 0 Å². The molecule has 4 nitrogen and oxygen atoms in total. The zero-order chi connectivity index (χ0) is 13.8. The lowest BCUT2D eigenvalue weighted by atomic mass is 10.1. The highest BCUT2D eigenvalue weighted by atomic mass is 79.9. The van der Waals surface area contributed by atoms with Crippen LogP contribution in [0.15, 0.2) is 33.3 Å². The Labute approximate surface area is 121 Å². The second kappa shape index (κ2) is 6.21. The lowest BCUT2D eigenvalue weighted by Gasteiger charge is -2.14. The van der Waals surface area contributed by atoms with Crippen molar-refractivity contribution in [2.24, 2.45) is 0 Å². The zero-order valence-corrected chi connectivity index (χ0v) is 12.8. The van der Waals surface area contributed by atoms with Gasteiger partial charge in [0.1, 0.15) is 11.5 Å². The number of methoxy groups -OCH3 is 1. The molecule has 102 valence electrons. The summed E-state index contributed by atoms with van der Waals surface area (Å²) in [5.41, 5.74) is 1.18. The van der Waals surface area contributed by atoms with E-state index in [1.807, 2.05) is 19.1 Å². The third-order valence-electron chi connectivity index (χ3n) is 2.90. The summed E-state index contributed by atoms with van der Waals surface area (Å²) in [6.07, 6.45) is 1.73. The summed E-state index contributed by atoms with van der Waals surface area (Å²) >= 11 is 3.49. The summed E-state index contributed by atoms with van der Waals surface area (Å²) in [7, 11) is 1.66. The van der Waals surface area contributed by atoms with Gasteiger partial charge in [-0.25, -0.2) is 4.98 Å². The Morgan fingerprint density at radius 1 is 1.47 bits per heavy atom. The normalized spacial score (nSPS) is 12.4. The molecule has 1 aromatic carbocycles. The number of ether oxygens (including phenoxy) is 1. The average molecular weight is 325 g/mol. The second-order valence-electron chi connectivity index (χ2n) is 4.36. The maximum absolute atomic E-state index is 5.43. The van der Waals surface area contributed by atoms with Crippen molar-refractivity contribution >= 4 is 15.9 Å². The van der Waals surface area contributed by atoms with Gasteiger partial charge < -0.3 is 14.5 Å². The molecule has 1 heterocycles. The van der Waals surface area contributed by atoms with Gasteiger partial charge in [-0.15, -0.1) is 0 Å². The molecule has 2 aromatic rings. The molecular weight excluding hydrogens is 308 g/mol. The van der Waals surface area contributed by atoms with E-state index in [9.17, 15) is 0 Å². The molecule has 0 saturated heterocycles. The Morgan fingerprint density at radius 2 is 2.26 bits per heavy atom. The quantitative estimate of drug-likeness (QED) is 0.912. The fraction of sp³-hybridized carbons (Fsp3) is 0.357. The van der Waals surface area contributed by atoms with Crippen LogP contribution in [0.5, 0.6) is 5.75 Å². The fourth-order valence-corrected chi connectivity index (χ4v) is 2.35. The van der Waals surface area contributed by atoms with Gasteiger partial charge in [0.2, 0.25) is 5.89 Å². The minimum absolute atomic E-state index is 0.203. The van der Waals surface area contributed by atoms with Crippen LogP contribution in [0.2, 0.25) is 0 Å². The molecule has 0 aliphatic rings. The Bertz CT molecular complexity index is 554. The third-order valence-corrected chi connectivity index (χ3v) is 3.52. The Hall–Kier alpha value is -1.33. The van der Waals surface area contributed by atoms with Gasteiger partial charge in [0, 0.05) is 6.04 Å². The van der Waals surface area contributed by atoms with Crippen molar-refractivity contribution in [3.8, 4) is 5.75 Å². The molecule has 19 heavy (non-hydrogen) atoms. The molecule has 0 aliphatic heterocycles. The van der Waals surface area contributed by atoms with Crippen LogP contribution in [-0.4, -0.2) is 12.1 Å². The largest absolute Gasteiger partial charge is 0.496 e. The Balaban J connectivity index is 1.99. The molecule has 0 spiro atoms. The van der Waals surface area contributed by atoms with Gasteiger partial charge in [-0.2, -0.15) is 0 Å². The Kier molecular flexibility index (Phi) is 4.61. The van der Waals surface area contributed by atoms with E-state index in [-0.39, 0.29) is 6.04 Å². The number of benzene rings is 1. The van der Waals surface area contributed by atoms with Crippen molar-refractivity contribution in [2.45, 2.75) is 26.4 Å². The monoisotopic (exact) mass is 324 g/mol. The standard InChI is InChI=1S/C14H17BrN2O2/c1-9-7-17-14(19-9)8-16-10(2)11-4-5-13(18-3)12(15)6-11/h4-7,10,16H,8H2,1-3H3/t10-/m1/s1. The van der Waals surface area contributed by atoms with Crippen LogP contribution in [0.25, 0.3) is 0 Å². The minimum atomic E-state index is 0.203. The molecule has 0 amide bonds. The van der Waals surface area contributed by atoms with Crippen LogP contribution < -0.4 is 10.1 Å². The van der Waals surface area contributed by atoms with Crippen LogP contribution in [0, 0.1) is 6.92 Å². The zero-order valence-electron chi connectivity index (χ0n) is 11.2. The van der Waals surface area contributed by atoms with Crippen LogP contribution in [0.4, 0.5) is 0 Å². The van der Waals surface area contributed by atoms with Gasteiger partial charge in [0.15, 0.2) is 0 Å². The predicted molar refractivity (Wildman–Crippen MR) is 77.2 cm³/mol. The van der Waals surface area contributed by atoms with E-state index < -0.39 is 0 Å². The average Bonchev–Trinajstić information content (AvgIpc) is 2.81. The number of aryl methyl sites for hydroxylation is 1. The number of aromatic nitrogens is 1. The summed E-state index contributed by atoms with van der Waals surface area (Å²) < 4.78 is 11.6. The number of rotatable bonds is 5. The first-order chi connectivity index (χ1) is 9.10. The van der Waals surface area contributed by atoms with E-state index in [1.165, 1.54) is 5.56 Å². The summed E-state index contributed by atoms with van der Waals surface area (Å²) in [6, 6.07) is 6.25. The van der Waals surface area contributed by atoms with Gasteiger partial charge in [-0.05, 0) is 47.5 Å². The summed E-state index contributed by atoms with van der Waals surface area (Å²) in [5.74, 6) is 2.37. The first-order valence-corrected chi connectivity index (χ1v) is 6.87. The summed E-state index contributed by atoms with van der Waals surface area (Å²) in [5, 5.41) is 3.38. The summed E-state index contributed by atoms with van der Waals surface area (Å²) in [6.45, 7) is 4.60. The van der Waals surface area contributed by atoms with E-state index in [0.717, 1.165) is 16.0 Å². The molecule has 0 saturated carbocycles. The highest BCUT2D eigenvalue weighted by Crippen LogP contribution is 2.28. The maximum atomic E-state index is 5.43. The SMILES string of the molecule is COc1ccc([C@@H](C)NCc2ncc(C)o2)cc1Br. The molecule has 2 rings (SSSR count). The topological polar surface area (TPSA) is 47.3 Å². The number of nitrogens with one attached hydrogen (secondary N) is 1. The van der Waals surface area contributed by atoms with Crippen molar-refractivity contribution in [1.29, 1.82) is 0 Å². The van der Waals surface area contributed by atoms with Gasteiger partial charge in [0.05, 0.1) is 24.3 Å². The lowest BCUT2D eigenvalue weighted by Crippen LogP contribution is -2.18. The minimum Gasteiger partial charge on any atom is -0.496 e. The lowest BCUT2D eigenvalue weighted by molar-refractivity contribution is 0.411. The van der Waals surface area contributed by atoms with Crippen LogP contribution in [0.1, 0.15) is 30.2 Å². The van der Waals surface area contributed by atoms with Gasteiger partial charge >= 0.3 is 0 Å².